The van der Waals surface area contributed by atoms with Gasteiger partial charge < -0.3 is 26.0 Å². The van der Waals surface area contributed by atoms with Crippen molar-refractivity contribution in [1.82, 2.24) is 15.3 Å². The van der Waals surface area contributed by atoms with Crippen molar-refractivity contribution in [2.24, 2.45) is 17.8 Å². The Kier molecular flexibility index (Phi) is 4.72. The molecule has 4 saturated carbocycles. The van der Waals surface area contributed by atoms with Crippen molar-refractivity contribution in [2.75, 3.05) is 16.0 Å². The molecule has 0 radical (unpaired) electrons. The van der Waals surface area contributed by atoms with Gasteiger partial charge in [-0.3, -0.25) is 4.79 Å². The number of ether oxygens (including phenoxy) is 1. The molecule has 4 N–H and O–H groups in total. The molecule has 4 fully saturated rings. The molecule has 2 aromatic rings. The SMILES string of the molecule is CC1(C)Oc2c(ncnc2Nc2ccc(NC(=O)NC34CC5CC(CC(C5)C3)C4)cc2)NC1=O. The normalized spacial score (nSPS) is 30.1. The molecule has 3 amide bonds. The smallest absolute Gasteiger partial charge is 0.319 e. The summed E-state index contributed by atoms with van der Waals surface area (Å²) in [6.45, 7) is 3.38. The number of nitrogens with one attached hydrogen (secondary N) is 4. The Bertz CT molecular complexity index is 1110. The van der Waals surface area contributed by atoms with E-state index in [0.717, 1.165) is 48.4 Å². The maximum Gasteiger partial charge on any atom is 0.319 e. The highest BCUT2D eigenvalue weighted by Gasteiger charge is 2.51. The third kappa shape index (κ3) is 3.82. The van der Waals surface area contributed by atoms with Crippen LogP contribution in [0.3, 0.4) is 0 Å². The van der Waals surface area contributed by atoms with E-state index in [1.165, 1.54) is 25.6 Å². The van der Waals surface area contributed by atoms with Gasteiger partial charge in [0.15, 0.2) is 17.2 Å². The van der Waals surface area contributed by atoms with Crippen LogP contribution in [0.2, 0.25) is 0 Å². The second-order valence-corrected chi connectivity index (χ2v) is 10.9. The summed E-state index contributed by atoms with van der Waals surface area (Å²) in [5.41, 5.74) is 0.454. The summed E-state index contributed by atoms with van der Waals surface area (Å²) in [5, 5.41) is 12.3. The maximum atomic E-state index is 12.8. The number of fused-ring (bicyclic) bond motifs is 1. The van der Waals surface area contributed by atoms with Crippen LogP contribution in [0.25, 0.3) is 0 Å². The first kappa shape index (κ1) is 21.2. The number of carbonyl (C=O) groups excluding carboxylic acids is 2. The van der Waals surface area contributed by atoms with Crippen molar-refractivity contribution < 1.29 is 14.3 Å². The van der Waals surface area contributed by atoms with Gasteiger partial charge in [0.25, 0.3) is 5.91 Å². The highest BCUT2D eigenvalue weighted by Crippen LogP contribution is 2.55. The number of benzene rings is 1. The summed E-state index contributed by atoms with van der Waals surface area (Å²) in [6.07, 6.45) is 8.78. The molecule has 2 heterocycles. The second-order valence-electron chi connectivity index (χ2n) is 10.9. The number of urea groups is 1. The fourth-order valence-electron chi connectivity index (χ4n) is 6.65. The molecule has 7 rings (SSSR count). The van der Waals surface area contributed by atoms with Gasteiger partial charge in [-0.05, 0) is 94.4 Å². The van der Waals surface area contributed by atoms with E-state index in [0.29, 0.717) is 17.4 Å². The van der Waals surface area contributed by atoms with Crippen LogP contribution in [0.5, 0.6) is 5.75 Å². The summed E-state index contributed by atoms with van der Waals surface area (Å²) in [4.78, 5) is 33.3. The number of carbonyl (C=O) groups is 2. The molecule has 1 aromatic heterocycles. The Morgan fingerprint density at radius 1 is 1.00 bits per heavy atom. The fraction of sp³-hybridized carbons (Fsp3) is 0.520. The largest absolute Gasteiger partial charge is 0.470 e. The maximum absolute atomic E-state index is 12.8. The Hall–Kier alpha value is -3.36. The third-order valence-electron chi connectivity index (χ3n) is 7.76. The summed E-state index contributed by atoms with van der Waals surface area (Å²) < 4.78 is 5.86. The summed E-state index contributed by atoms with van der Waals surface area (Å²) >= 11 is 0. The standard InChI is InChI=1S/C25H30N6O3/c1-24(2)22(32)30-21-19(34-24)20(26-13-27-21)28-17-3-5-18(6-4-17)29-23(33)31-25-10-14-7-15(11-25)9-16(8-14)12-25/h3-6,13-16H,7-12H2,1-2H3,(H2,29,31,33)(H2,26,27,28,30,32). The van der Waals surface area contributed by atoms with E-state index in [1.54, 1.807) is 13.8 Å². The van der Waals surface area contributed by atoms with E-state index in [1.807, 2.05) is 24.3 Å². The summed E-state index contributed by atoms with van der Waals surface area (Å²) in [5.74, 6) is 3.28. The predicted molar refractivity (Wildman–Crippen MR) is 128 cm³/mol. The molecule has 178 valence electrons. The fourth-order valence-corrected chi connectivity index (χ4v) is 6.65. The van der Waals surface area contributed by atoms with Crippen molar-refractivity contribution in [2.45, 2.75) is 63.5 Å². The van der Waals surface area contributed by atoms with Crippen molar-refractivity contribution in [3.05, 3.63) is 30.6 Å². The molecule has 9 nitrogen and oxygen atoms in total. The first-order valence-corrected chi connectivity index (χ1v) is 12.1. The van der Waals surface area contributed by atoms with Crippen molar-refractivity contribution in [1.29, 1.82) is 0 Å². The molecule has 9 heteroatoms. The lowest BCUT2D eigenvalue weighted by Gasteiger charge is -2.56. The van der Waals surface area contributed by atoms with Crippen LogP contribution in [0, 0.1) is 17.8 Å². The number of amides is 3. The van der Waals surface area contributed by atoms with Crippen LogP contribution < -0.4 is 26.0 Å². The molecule has 0 unspecified atom stereocenters. The summed E-state index contributed by atoms with van der Waals surface area (Å²) in [6, 6.07) is 7.30. The zero-order valence-electron chi connectivity index (χ0n) is 19.5. The van der Waals surface area contributed by atoms with Crippen LogP contribution in [0.4, 0.5) is 27.8 Å². The van der Waals surface area contributed by atoms with Crippen LogP contribution in [-0.4, -0.2) is 33.0 Å². The minimum atomic E-state index is -1.02. The Labute approximate surface area is 198 Å². The average molecular weight is 463 g/mol. The van der Waals surface area contributed by atoms with Crippen molar-refractivity contribution in [3.63, 3.8) is 0 Å². The zero-order chi connectivity index (χ0) is 23.5. The van der Waals surface area contributed by atoms with Crippen LogP contribution in [0.1, 0.15) is 52.4 Å². The molecule has 4 bridgehead atoms. The molecular formula is C25H30N6O3. The van der Waals surface area contributed by atoms with E-state index in [9.17, 15) is 9.59 Å². The monoisotopic (exact) mass is 462 g/mol. The van der Waals surface area contributed by atoms with E-state index in [4.69, 9.17) is 4.74 Å². The number of rotatable bonds is 4. The van der Waals surface area contributed by atoms with Gasteiger partial charge >= 0.3 is 6.03 Å². The van der Waals surface area contributed by atoms with Crippen molar-refractivity contribution >= 4 is 34.9 Å². The van der Waals surface area contributed by atoms with Crippen LogP contribution in [0.15, 0.2) is 30.6 Å². The van der Waals surface area contributed by atoms with E-state index in [2.05, 4.69) is 31.2 Å². The number of anilines is 4. The molecule has 4 aliphatic carbocycles. The molecular weight excluding hydrogens is 432 g/mol. The summed E-state index contributed by atoms with van der Waals surface area (Å²) in [7, 11) is 0. The van der Waals surface area contributed by atoms with Gasteiger partial charge in [0.2, 0.25) is 5.75 Å². The molecule has 34 heavy (non-hydrogen) atoms. The van der Waals surface area contributed by atoms with Gasteiger partial charge in [-0.2, -0.15) is 0 Å². The minimum absolute atomic E-state index is 0.0182. The van der Waals surface area contributed by atoms with Gasteiger partial charge in [0.1, 0.15) is 6.33 Å². The lowest BCUT2D eigenvalue weighted by Crippen LogP contribution is -2.60. The Balaban J connectivity index is 1.11. The van der Waals surface area contributed by atoms with E-state index in [-0.39, 0.29) is 17.5 Å². The van der Waals surface area contributed by atoms with Gasteiger partial charge in [-0.1, -0.05) is 0 Å². The highest BCUT2D eigenvalue weighted by atomic mass is 16.5. The lowest BCUT2D eigenvalue weighted by atomic mass is 9.53. The predicted octanol–water partition coefficient (Wildman–Crippen LogP) is 4.42. The molecule has 1 aliphatic heterocycles. The van der Waals surface area contributed by atoms with E-state index < -0.39 is 5.60 Å². The second kappa shape index (κ2) is 7.58. The molecule has 0 atom stereocenters. The molecule has 5 aliphatic rings. The Morgan fingerprint density at radius 3 is 2.26 bits per heavy atom. The topological polar surface area (TPSA) is 117 Å². The van der Waals surface area contributed by atoms with E-state index >= 15 is 0 Å². The molecule has 0 spiro atoms. The zero-order valence-corrected chi connectivity index (χ0v) is 19.5. The number of aromatic nitrogens is 2. The van der Waals surface area contributed by atoms with Crippen LogP contribution >= 0.6 is 0 Å². The van der Waals surface area contributed by atoms with Crippen molar-refractivity contribution in [3.8, 4) is 5.75 Å². The number of nitrogens with zero attached hydrogens (tertiary/aromatic N) is 2. The number of hydrogen-bond acceptors (Lipinski definition) is 6. The van der Waals surface area contributed by atoms with Crippen LogP contribution in [-0.2, 0) is 4.79 Å². The van der Waals surface area contributed by atoms with Gasteiger partial charge in [0, 0.05) is 16.9 Å². The highest BCUT2D eigenvalue weighted by molar-refractivity contribution is 6.00. The molecule has 1 aromatic carbocycles. The lowest BCUT2D eigenvalue weighted by molar-refractivity contribution is -0.129. The molecule has 0 saturated heterocycles. The van der Waals surface area contributed by atoms with Gasteiger partial charge in [-0.25, -0.2) is 14.8 Å². The third-order valence-corrected chi connectivity index (χ3v) is 7.76. The number of hydrogen-bond donors (Lipinski definition) is 4. The first-order valence-electron chi connectivity index (χ1n) is 12.1. The quantitative estimate of drug-likeness (QED) is 0.534. The first-order chi connectivity index (χ1) is 16.3. The Morgan fingerprint density at radius 2 is 1.62 bits per heavy atom. The van der Waals surface area contributed by atoms with Gasteiger partial charge in [0.05, 0.1) is 0 Å². The average Bonchev–Trinajstić information content (AvgIpc) is 2.75. The van der Waals surface area contributed by atoms with Gasteiger partial charge in [-0.15, -0.1) is 0 Å². The minimum Gasteiger partial charge on any atom is -0.470 e.